The highest BCUT2D eigenvalue weighted by atomic mass is 35.5. The van der Waals surface area contributed by atoms with E-state index in [4.69, 9.17) is 23.2 Å². The Morgan fingerprint density at radius 1 is 1.17 bits per heavy atom. The summed E-state index contributed by atoms with van der Waals surface area (Å²) in [4.78, 5) is 23.9. The summed E-state index contributed by atoms with van der Waals surface area (Å²) < 4.78 is 28.3. The Kier molecular flexibility index (Phi) is 6.42. The summed E-state index contributed by atoms with van der Waals surface area (Å²) in [6.07, 6.45) is 2.47. The number of hydrogen-bond acceptors (Lipinski definition) is 6. The van der Waals surface area contributed by atoms with Gasteiger partial charge in [0.15, 0.2) is 0 Å². The monoisotopic (exact) mass is 461 g/mol. The standard InChI is InChI=1S/C16H17Cl2N5O5S/c17-13-2-1-3-14(18)16(13)29(27,28)22-8-6-20(7-9-22)15(24)4-5-21-11-12(10-19-21)23(25)26/h1-3,10-11H,4-9H2. The zero-order chi connectivity index (χ0) is 21.2. The van der Waals surface area contributed by atoms with Gasteiger partial charge in [0.1, 0.15) is 17.3 Å². The molecule has 1 fully saturated rings. The number of piperazine rings is 1. The molecule has 0 aliphatic carbocycles. The Hall–Kier alpha value is -2.21. The number of halogens is 2. The highest BCUT2D eigenvalue weighted by Crippen LogP contribution is 2.31. The van der Waals surface area contributed by atoms with Crippen LogP contribution in [-0.4, -0.2) is 64.4 Å². The second-order valence-corrected chi connectivity index (χ2v) is 8.99. The second-order valence-electron chi connectivity index (χ2n) is 6.30. The summed E-state index contributed by atoms with van der Waals surface area (Å²) in [6, 6.07) is 4.48. The van der Waals surface area contributed by atoms with E-state index in [1.165, 1.54) is 27.3 Å². The Balaban J connectivity index is 1.58. The molecule has 1 saturated heterocycles. The van der Waals surface area contributed by atoms with Crippen LogP contribution < -0.4 is 0 Å². The van der Waals surface area contributed by atoms with E-state index in [9.17, 15) is 23.3 Å². The molecule has 0 unspecified atom stereocenters. The summed E-state index contributed by atoms with van der Waals surface area (Å²) in [5, 5.41) is 14.6. The van der Waals surface area contributed by atoms with Crippen molar-refractivity contribution in [2.45, 2.75) is 17.9 Å². The molecule has 1 amide bonds. The number of rotatable bonds is 6. The van der Waals surface area contributed by atoms with Crippen molar-refractivity contribution < 1.29 is 18.1 Å². The van der Waals surface area contributed by atoms with Crippen molar-refractivity contribution >= 4 is 44.8 Å². The normalized spacial score (nSPS) is 15.4. The summed E-state index contributed by atoms with van der Waals surface area (Å²) in [7, 11) is -3.88. The lowest BCUT2D eigenvalue weighted by Crippen LogP contribution is -2.50. The van der Waals surface area contributed by atoms with E-state index in [1.54, 1.807) is 11.0 Å². The lowest BCUT2D eigenvalue weighted by Gasteiger charge is -2.34. The smallest absolute Gasteiger partial charge is 0.306 e. The first-order valence-electron chi connectivity index (χ1n) is 8.59. The van der Waals surface area contributed by atoms with E-state index in [2.05, 4.69) is 5.10 Å². The van der Waals surface area contributed by atoms with Crippen LogP contribution in [0, 0.1) is 10.1 Å². The molecule has 29 heavy (non-hydrogen) atoms. The highest BCUT2D eigenvalue weighted by molar-refractivity contribution is 7.89. The molecule has 0 N–H and O–H groups in total. The Labute approximate surface area is 176 Å². The molecule has 1 aliphatic heterocycles. The van der Waals surface area contributed by atoms with Crippen LogP contribution in [0.4, 0.5) is 5.69 Å². The molecule has 1 aliphatic rings. The van der Waals surface area contributed by atoms with Crippen LogP contribution in [0.15, 0.2) is 35.5 Å². The summed E-state index contributed by atoms with van der Waals surface area (Å²) >= 11 is 12.1. The first-order chi connectivity index (χ1) is 13.7. The average Bonchev–Trinajstić information content (AvgIpc) is 3.15. The van der Waals surface area contributed by atoms with Gasteiger partial charge in [0, 0.05) is 39.1 Å². The molecule has 2 heterocycles. The quantitative estimate of drug-likeness (QED) is 0.479. The molecule has 156 valence electrons. The summed E-state index contributed by atoms with van der Waals surface area (Å²) in [5.41, 5.74) is -0.144. The van der Waals surface area contributed by atoms with Gasteiger partial charge in [0.2, 0.25) is 15.9 Å². The number of nitro groups is 1. The van der Waals surface area contributed by atoms with Gasteiger partial charge in [-0.25, -0.2) is 8.42 Å². The third kappa shape index (κ3) is 4.69. The Morgan fingerprint density at radius 2 is 1.79 bits per heavy atom. The van der Waals surface area contributed by atoms with E-state index in [0.29, 0.717) is 0 Å². The first-order valence-corrected chi connectivity index (χ1v) is 10.8. The highest BCUT2D eigenvalue weighted by Gasteiger charge is 2.32. The maximum Gasteiger partial charge on any atom is 0.306 e. The van der Waals surface area contributed by atoms with Gasteiger partial charge in [-0.1, -0.05) is 29.3 Å². The number of hydrogen-bond donors (Lipinski definition) is 0. The van der Waals surface area contributed by atoms with Gasteiger partial charge < -0.3 is 4.90 Å². The third-order valence-corrected chi connectivity index (χ3v) is 7.35. The second kappa shape index (κ2) is 8.66. The van der Waals surface area contributed by atoms with Crippen LogP contribution in [0.1, 0.15) is 6.42 Å². The molecule has 0 radical (unpaired) electrons. The van der Waals surface area contributed by atoms with Crippen molar-refractivity contribution in [1.82, 2.24) is 19.0 Å². The number of aromatic nitrogens is 2. The molecule has 1 aromatic heterocycles. The molecule has 0 spiro atoms. The van der Waals surface area contributed by atoms with Gasteiger partial charge >= 0.3 is 5.69 Å². The van der Waals surface area contributed by atoms with Crippen molar-refractivity contribution in [2.75, 3.05) is 26.2 Å². The Morgan fingerprint density at radius 3 is 2.34 bits per heavy atom. The van der Waals surface area contributed by atoms with E-state index in [-0.39, 0.29) is 65.7 Å². The van der Waals surface area contributed by atoms with Crippen LogP contribution in [0.2, 0.25) is 10.0 Å². The molecule has 10 nitrogen and oxygen atoms in total. The molecule has 3 rings (SSSR count). The molecule has 2 aromatic rings. The minimum absolute atomic E-state index is 0.0457. The van der Waals surface area contributed by atoms with E-state index >= 15 is 0 Å². The molecule has 0 bridgehead atoms. The van der Waals surface area contributed by atoms with Crippen LogP contribution in [-0.2, 0) is 21.4 Å². The fourth-order valence-electron chi connectivity index (χ4n) is 2.97. The van der Waals surface area contributed by atoms with Gasteiger partial charge in [0.05, 0.1) is 15.0 Å². The lowest BCUT2D eigenvalue weighted by atomic mass is 10.3. The summed E-state index contributed by atoms with van der Waals surface area (Å²) in [5.74, 6) is -0.184. The number of amides is 1. The van der Waals surface area contributed by atoms with Gasteiger partial charge in [0.25, 0.3) is 0 Å². The SMILES string of the molecule is O=C(CCn1cc([N+](=O)[O-])cn1)N1CCN(S(=O)(=O)c2c(Cl)cccc2Cl)CC1. The number of nitrogens with zero attached hydrogens (tertiary/aromatic N) is 5. The van der Waals surface area contributed by atoms with Gasteiger partial charge in [-0.05, 0) is 12.1 Å². The van der Waals surface area contributed by atoms with E-state index < -0.39 is 14.9 Å². The molecular weight excluding hydrogens is 445 g/mol. The van der Waals surface area contributed by atoms with Crippen molar-refractivity contribution in [2.24, 2.45) is 0 Å². The van der Waals surface area contributed by atoms with Crippen molar-refractivity contribution in [3.63, 3.8) is 0 Å². The zero-order valence-electron chi connectivity index (χ0n) is 15.1. The van der Waals surface area contributed by atoms with Gasteiger partial charge in [-0.2, -0.15) is 9.40 Å². The Bertz CT molecular complexity index is 1010. The molecule has 13 heteroatoms. The van der Waals surface area contributed by atoms with Crippen molar-refractivity contribution in [3.8, 4) is 0 Å². The number of carbonyl (C=O) groups excluding carboxylic acids is 1. The number of aryl methyl sites for hydroxylation is 1. The number of carbonyl (C=O) groups is 1. The topological polar surface area (TPSA) is 119 Å². The maximum absolute atomic E-state index is 12.9. The molecular formula is C16H17Cl2N5O5S. The first kappa shape index (κ1) is 21.5. The van der Waals surface area contributed by atoms with Gasteiger partial charge in [-0.15, -0.1) is 0 Å². The number of benzene rings is 1. The van der Waals surface area contributed by atoms with Crippen LogP contribution >= 0.6 is 23.2 Å². The van der Waals surface area contributed by atoms with Crippen LogP contribution in [0.5, 0.6) is 0 Å². The fourth-order valence-corrected chi connectivity index (χ4v) is 5.49. The summed E-state index contributed by atoms with van der Waals surface area (Å²) in [6.45, 7) is 0.866. The van der Waals surface area contributed by atoms with E-state index in [0.717, 1.165) is 6.20 Å². The fraction of sp³-hybridized carbons (Fsp3) is 0.375. The van der Waals surface area contributed by atoms with E-state index in [1.807, 2.05) is 0 Å². The van der Waals surface area contributed by atoms with Crippen molar-refractivity contribution in [1.29, 1.82) is 0 Å². The molecule has 0 saturated carbocycles. The number of sulfonamides is 1. The predicted octanol–water partition coefficient (Wildman–Crippen LogP) is 2.02. The van der Waals surface area contributed by atoms with Gasteiger partial charge in [-0.3, -0.25) is 19.6 Å². The minimum atomic E-state index is -3.88. The minimum Gasteiger partial charge on any atom is -0.340 e. The predicted molar refractivity (Wildman–Crippen MR) is 105 cm³/mol. The third-order valence-electron chi connectivity index (χ3n) is 4.49. The average molecular weight is 462 g/mol. The molecule has 0 atom stereocenters. The van der Waals surface area contributed by atoms with Crippen molar-refractivity contribution in [3.05, 3.63) is 50.8 Å². The van der Waals surface area contributed by atoms with Crippen LogP contribution in [0.25, 0.3) is 0 Å². The van der Waals surface area contributed by atoms with Crippen LogP contribution in [0.3, 0.4) is 0 Å². The maximum atomic E-state index is 12.9. The molecule has 1 aromatic carbocycles. The zero-order valence-corrected chi connectivity index (χ0v) is 17.4. The largest absolute Gasteiger partial charge is 0.340 e. The lowest BCUT2D eigenvalue weighted by molar-refractivity contribution is -0.385.